The number of ether oxygens (including phenoxy) is 4. The lowest BCUT2D eigenvalue weighted by atomic mass is 9.90. The fourth-order valence-electron chi connectivity index (χ4n) is 18.6. The highest BCUT2D eigenvalue weighted by molar-refractivity contribution is 5.73. The molecule has 0 radical (unpaired) electrons. The van der Waals surface area contributed by atoms with E-state index in [1.165, 1.54) is 123 Å². The molecule has 126 heavy (non-hydrogen) atoms. The first-order chi connectivity index (χ1) is 60.9. The van der Waals surface area contributed by atoms with E-state index in [0.717, 1.165) is 150 Å². The first kappa shape index (κ1) is 91.7. The Morgan fingerprint density at radius 3 is 0.762 bits per heavy atom. The Bertz CT molecular complexity index is 5410. The van der Waals surface area contributed by atoms with Crippen LogP contribution in [0.2, 0.25) is 0 Å². The van der Waals surface area contributed by atoms with E-state index in [4.69, 9.17) is 18.9 Å². The molecular weight excluding hydrogens is 1550 g/mol. The summed E-state index contributed by atoms with van der Waals surface area (Å²) in [5.74, 6) is 5.80. The monoisotopic (exact) mass is 1690 g/mol. The van der Waals surface area contributed by atoms with Crippen molar-refractivity contribution in [2.45, 2.75) is 174 Å². The smallest absolute Gasteiger partial charge is 0.142 e. The van der Waals surface area contributed by atoms with E-state index in [2.05, 4.69) is 317 Å². The minimum atomic E-state index is 0.491. The lowest BCUT2D eigenvalue weighted by molar-refractivity contribution is 0.320. The summed E-state index contributed by atoms with van der Waals surface area (Å²) in [5.41, 5.74) is 33.7. The van der Waals surface area contributed by atoms with Gasteiger partial charge < -0.3 is 58.1 Å². The van der Waals surface area contributed by atoms with Gasteiger partial charge in [-0.25, -0.2) is 0 Å². The number of anilines is 8. The Labute approximate surface area is 753 Å². The molecule has 0 spiro atoms. The maximum atomic E-state index is 6.31. The van der Waals surface area contributed by atoms with Crippen molar-refractivity contribution in [3.05, 3.63) is 332 Å². The molecule has 16 rings (SSSR count). The number of rotatable bonds is 28. The minimum absolute atomic E-state index is 0.491. The molecule has 8 heterocycles. The van der Waals surface area contributed by atoms with Gasteiger partial charge in [-0.15, -0.1) is 0 Å². The van der Waals surface area contributed by atoms with Gasteiger partial charge in [0, 0.05) is 148 Å². The van der Waals surface area contributed by atoms with Crippen LogP contribution in [0.1, 0.15) is 180 Å². The van der Waals surface area contributed by atoms with Gasteiger partial charge in [0.1, 0.15) is 23.0 Å². The maximum Gasteiger partial charge on any atom is 0.142 e. The molecule has 0 N–H and O–H groups in total. The lowest BCUT2D eigenvalue weighted by Gasteiger charge is -2.30. The van der Waals surface area contributed by atoms with Gasteiger partial charge in [-0.2, -0.15) is 0 Å². The SMILES string of the molecule is Cc1cc(C(C)C)c(N2CCN(c3c(C)cccc3OCCc3ccccn3)C2)c(C(C)C)c1.Cc1cc(C(C)C)c(N2CCN(c3ccccc3OCCc3ccccn3)C2)c(C(C)C)c1.Cc1cc(C)c(N2CCN(c3c(C)cccc3OCCc3ccccn3)C2)c(C)c1.Cc1cc(C)c(N2CCN(c3ccccc3OCCc3ccccn3)C2)c(C)c1. The topological polar surface area (TPSA) is 114 Å². The van der Waals surface area contributed by atoms with Gasteiger partial charge in [-0.3, -0.25) is 19.9 Å². The summed E-state index contributed by atoms with van der Waals surface area (Å²) in [6, 6.07) is 72.2. The van der Waals surface area contributed by atoms with Crippen molar-refractivity contribution in [3.8, 4) is 23.0 Å². The summed E-state index contributed by atoms with van der Waals surface area (Å²) in [6.45, 7) is 54.5. The quantitative estimate of drug-likeness (QED) is 0.0463. The van der Waals surface area contributed by atoms with Crippen molar-refractivity contribution in [2.24, 2.45) is 0 Å². The normalized spacial score (nSPS) is 13.8. The molecule has 4 aromatic heterocycles. The Hall–Kier alpha value is -12.0. The summed E-state index contributed by atoms with van der Waals surface area (Å²) in [7, 11) is 0. The molecule has 0 amide bonds. The Morgan fingerprint density at radius 2 is 0.476 bits per heavy atom. The van der Waals surface area contributed by atoms with Gasteiger partial charge in [0.25, 0.3) is 0 Å². The Kier molecular flexibility index (Phi) is 31.8. The first-order valence-electron chi connectivity index (χ1n) is 45.9. The van der Waals surface area contributed by atoms with Crippen LogP contribution in [0.25, 0.3) is 0 Å². The van der Waals surface area contributed by atoms with E-state index in [9.17, 15) is 0 Å². The summed E-state index contributed by atoms with van der Waals surface area (Å²) < 4.78 is 24.9. The second kappa shape index (κ2) is 43.7. The average Bonchev–Trinajstić information content (AvgIpc) is 1.55. The van der Waals surface area contributed by atoms with E-state index >= 15 is 0 Å². The number of hydrogen-bond acceptors (Lipinski definition) is 16. The highest BCUT2D eigenvalue weighted by atomic mass is 16.5. The number of pyridine rings is 4. The van der Waals surface area contributed by atoms with Crippen LogP contribution in [0.3, 0.4) is 0 Å². The van der Waals surface area contributed by atoms with E-state index < -0.39 is 0 Å². The fraction of sp³-hybridized carbons (Fsp3) is 0.382. The average molecular weight is 1690 g/mol. The van der Waals surface area contributed by atoms with Crippen LogP contribution >= 0.6 is 0 Å². The number of aryl methyl sites for hydroxylation is 10. The minimum Gasteiger partial charge on any atom is -0.491 e. The van der Waals surface area contributed by atoms with Gasteiger partial charge in [0.05, 0.1) is 75.9 Å². The number of benzene rings is 8. The van der Waals surface area contributed by atoms with Crippen LogP contribution in [0.5, 0.6) is 23.0 Å². The van der Waals surface area contributed by atoms with Crippen LogP contribution in [0.4, 0.5) is 45.5 Å². The lowest BCUT2D eigenvalue weighted by Crippen LogP contribution is -2.28. The Balaban J connectivity index is 0.000000144. The zero-order valence-corrected chi connectivity index (χ0v) is 78.4. The molecule has 0 aliphatic carbocycles. The Morgan fingerprint density at radius 1 is 0.238 bits per heavy atom. The van der Waals surface area contributed by atoms with E-state index in [-0.39, 0.29) is 0 Å². The number of nitrogens with zero attached hydrogens (tertiary/aromatic N) is 12. The van der Waals surface area contributed by atoms with Gasteiger partial charge in [-0.1, -0.05) is 199 Å². The third-order valence-electron chi connectivity index (χ3n) is 24.4. The number of aromatic nitrogens is 4. The fourth-order valence-corrected chi connectivity index (χ4v) is 18.6. The summed E-state index contributed by atoms with van der Waals surface area (Å²) in [5, 5.41) is 0. The van der Waals surface area contributed by atoms with Crippen molar-refractivity contribution in [1.29, 1.82) is 0 Å². The summed E-state index contributed by atoms with van der Waals surface area (Å²) in [4.78, 5) is 37.5. The molecule has 8 aromatic carbocycles. The highest BCUT2D eigenvalue weighted by Gasteiger charge is 2.33. The van der Waals surface area contributed by atoms with E-state index in [0.29, 0.717) is 50.1 Å². The molecule has 12 aromatic rings. The third-order valence-corrected chi connectivity index (χ3v) is 24.4. The van der Waals surface area contributed by atoms with Crippen LogP contribution in [0, 0.1) is 69.2 Å². The molecule has 660 valence electrons. The first-order valence-corrected chi connectivity index (χ1v) is 45.9. The molecule has 0 atom stereocenters. The maximum absolute atomic E-state index is 6.31. The predicted molar refractivity (Wildman–Crippen MR) is 527 cm³/mol. The predicted octanol–water partition coefficient (Wildman–Crippen LogP) is 23.5. The van der Waals surface area contributed by atoms with Crippen LogP contribution in [-0.2, 0) is 25.7 Å². The van der Waals surface area contributed by atoms with E-state index in [1.54, 1.807) is 0 Å². The van der Waals surface area contributed by atoms with E-state index in [1.807, 2.05) is 97.6 Å². The van der Waals surface area contributed by atoms with Crippen molar-refractivity contribution in [3.63, 3.8) is 0 Å². The molecule has 4 fully saturated rings. The largest absolute Gasteiger partial charge is 0.491 e. The van der Waals surface area contributed by atoms with Gasteiger partial charge in [0.15, 0.2) is 0 Å². The number of hydrogen-bond donors (Lipinski definition) is 0. The summed E-state index contributed by atoms with van der Waals surface area (Å²) in [6.07, 6.45) is 10.6. The third kappa shape index (κ3) is 23.5. The molecule has 16 heteroatoms. The molecule has 16 nitrogen and oxygen atoms in total. The van der Waals surface area contributed by atoms with Gasteiger partial charge in [0.2, 0.25) is 0 Å². The van der Waals surface area contributed by atoms with Crippen molar-refractivity contribution in [2.75, 3.05) is 145 Å². The molecule has 4 aliphatic heterocycles. The van der Waals surface area contributed by atoms with Crippen LogP contribution < -0.4 is 58.1 Å². The molecule has 4 aliphatic rings. The molecule has 4 saturated heterocycles. The molecule has 0 saturated carbocycles. The molecule has 0 unspecified atom stereocenters. The van der Waals surface area contributed by atoms with Crippen molar-refractivity contribution in [1.82, 2.24) is 19.9 Å². The highest BCUT2D eigenvalue weighted by Crippen LogP contribution is 2.44. The second-order valence-electron chi connectivity index (χ2n) is 35.8. The second-order valence-corrected chi connectivity index (χ2v) is 35.8. The standard InChI is InChI=1S/C30H39N3O.C29H37N3O.C26H31N3O.C25H29N3O/c1-21(2)26-18-23(5)19-27(22(3)4)30(26)33-16-15-32(20-33)29-24(6)10-9-12-28(29)34-17-13-25-11-7-8-14-31-25;1-21(2)25-18-23(5)19-26(22(3)4)29(25)32-16-15-31(20-32)27-11-6-7-12-28(27)33-17-13-24-10-8-9-14-30-24;1-19-16-21(3)25(22(4)17-19)28-13-14-29(18-28)26-20(2)8-7-10-24(26)30-15-11-23-9-5-6-12-27-23;1-19-16-20(2)25(21(3)17-19)28-14-13-27(18-28)23-9-4-5-10-24(23)29-15-11-22-8-6-7-12-26-22/h7-12,14,18-19,21-22H,13,15-17,20H2,1-6H3;6-12,14,18-19,21-22H,13,15-17,20H2,1-5H3;5-10,12,16-17H,11,13-15,18H2,1-4H3;4-10,12,16-17H,11,13-15,18H2,1-3H3. The summed E-state index contributed by atoms with van der Waals surface area (Å²) >= 11 is 0. The molecular formula is C110H136N12O4. The zero-order chi connectivity index (χ0) is 88.9. The van der Waals surface area contributed by atoms with Crippen molar-refractivity contribution < 1.29 is 18.9 Å². The van der Waals surface area contributed by atoms with Crippen LogP contribution in [-0.4, -0.2) is 125 Å². The zero-order valence-electron chi connectivity index (χ0n) is 78.4. The van der Waals surface area contributed by atoms with Gasteiger partial charge >= 0.3 is 0 Å². The van der Waals surface area contributed by atoms with Gasteiger partial charge in [-0.05, 0) is 233 Å². The molecule has 0 bridgehead atoms. The van der Waals surface area contributed by atoms with Crippen molar-refractivity contribution >= 4 is 45.5 Å². The van der Waals surface area contributed by atoms with Crippen LogP contribution in [0.15, 0.2) is 231 Å². The number of para-hydroxylation sites is 6.